The first-order valence-electron chi connectivity index (χ1n) is 7.13. The number of halogens is 1. The summed E-state index contributed by atoms with van der Waals surface area (Å²) < 4.78 is 12.3. The molecule has 0 amide bonds. The summed E-state index contributed by atoms with van der Waals surface area (Å²) in [5.74, 6) is -0.330. The first kappa shape index (κ1) is 16.5. The van der Waals surface area contributed by atoms with Crippen LogP contribution in [0.5, 0.6) is 0 Å². The van der Waals surface area contributed by atoms with E-state index in [1.165, 1.54) is 0 Å². The number of nitrogens with one attached hydrogen (secondary N) is 1. The molecule has 1 aromatic carbocycles. The number of benzene rings is 1. The summed E-state index contributed by atoms with van der Waals surface area (Å²) in [7, 11) is 0. The van der Waals surface area contributed by atoms with Crippen molar-refractivity contribution in [3.63, 3.8) is 0 Å². The molecular weight excluding hydrogens is 334 g/mol. The summed E-state index contributed by atoms with van der Waals surface area (Å²) in [5.41, 5.74) is 0.128. The maximum atomic E-state index is 11.9. The third-order valence-corrected chi connectivity index (χ3v) is 3.85. The molecule has 21 heavy (non-hydrogen) atoms. The molecule has 0 radical (unpaired) electrons. The summed E-state index contributed by atoms with van der Waals surface area (Å²) in [4.78, 5) is 11.9. The number of carbonyl (C=O) groups excluding carboxylic acids is 1. The van der Waals surface area contributed by atoms with Crippen molar-refractivity contribution in [1.29, 1.82) is 0 Å². The normalized spacial score (nSPS) is 22.3. The topological polar surface area (TPSA) is 47.6 Å². The zero-order valence-electron chi connectivity index (χ0n) is 12.7. The molecule has 1 aliphatic heterocycles. The maximum Gasteiger partial charge on any atom is 0.332 e. The quantitative estimate of drug-likeness (QED) is 0.843. The zero-order chi connectivity index (χ0) is 15.5. The summed E-state index contributed by atoms with van der Waals surface area (Å²) in [6.45, 7) is 7.10. The molecule has 1 heterocycles. The van der Waals surface area contributed by atoms with Gasteiger partial charge in [-0.2, -0.15) is 0 Å². The lowest BCUT2D eigenvalue weighted by Gasteiger charge is -2.30. The van der Waals surface area contributed by atoms with Crippen LogP contribution in [-0.4, -0.2) is 31.3 Å². The van der Waals surface area contributed by atoms with E-state index in [-0.39, 0.29) is 12.6 Å². The Bertz CT molecular complexity index is 504. The van der Waals surface area contributed by atoms with E-state index in [0.717, 1.165) is 23.0 Å². The number of hydrogen-bond acceptors (Lipinski definition) is 4. The fourth-order valence-corrected chi connectivity index (χ4v) is 2.86. The van der Waals surface area contributed by atoms with Crippen LogP contribution >= 0.6 is 15.9 Å². The second-order valence-corrected chi connectivity index (χ2v) is 7.22. The first-order chi connectivity index (χ1) is 9.81. The summed E-state index contributed by atoms with van der Waals surface area (Å²) in [5, 5.41) is 3.31. The van der Waals surface area contributed by atoms with Crippen molar-refractivity contribution in [3.8, 4) is 0 Å². The molecule has 4 nitrogen and oxygen atoms in total. The van der Waals surface area contributed by atoms with Crippen LogP contribution in [0, 0.1) is 0 Å². The Kier molecular flexibility index (Phi) is 5.07. The van der Waals surface area contributed by atoms with Crippen LogP contribution in [0.2, 0.25) is 0 Å². The van der Waals surface area contributed by atoms with Gasteiger partial charge in [0.05, 0.1) is 0 Å². The SMILES string of the molecule is CC(C)(C)OC(=O)COC1(c2cccc(Br)c2)CCNC1. The highest BCUT2D eigenvalue weighted by Crippen LogP contribution is 2.33. The van der Waals surface area contributed by atoms with Crippen molar-refractivity contribution >= 4 is 21.9 Å². The lowest BCUT2D eigenvalue weighted by Crippen LogP contribution is -2.36. The van der Waals surface area contributed by atoms with Gasteiger partial charge in [-0.3, -0.25) is 0 Å². The molecule has 116 valence electrons. The molecule has 1 fully saturated rings. The Labute approximate surface area is 134 Å². The molecule has 1 aromatic rings. The zero-order valence-corrected chi connectivity index (χ0v) is 14.3. The summed E-state index contributed by atoms with van der Waals surface area (Å²) in [6, 6.07) is 8.04. The van der Waals surface area contributed by atoms with Gasteiger partial charge in [-0.15, -0.1) is 0 Å². The molecule has 0 aliphatic carbocycles. The van der Waals surface area contributed by atoms with Crippen LogP contribution in [0.4, 0.5) is 0 Å². The third kappa shape index (κ3) is 4.53. The number of ether oxygens (including phenoxy) is 2. The molecule has 1 saturated heterocycles. The van der Waals surface area contributed by atoms with Gasteiger partial charge in [0.25, 0.3) is 0 Å². The number of rotatable bonds is 4. The van der Waals surface area contributed by atoms with Crippen molar-refractivity contribution < 1.29 is 14.3 Å². The predicted octanol–water partition coefficient (Wildman–Crippen LogP) is 3.00. The Balaban J connectivity index is 2.08. The van der Waals surface area contributed by atoms with Crippen LogP contribution in [0.15, 0.2) is 28.7 Å². The molecule has 2 rings (SSSR count). The molecule has 5 heteroatoms. The van der Waals surface area contributed by atoms with E-state index < -0.39 is 11.2 Å². The molecule has 0 spiro atoms. The third-order valence-electron chi connectivity index (χ3n) is 3.35. The molecule has 0 aromatic heterocycles. The Morgan fingerprint density at radius 3 is 2.76 bits per heavy atom. The van der Waals surface area contributed by atoms with Crippen LogP contribution in [-0.2, 0) is 19.9 Å². The van der Waals surface area contributed by atoms with Gasteiger partial charge in [-0.05, 0) is 51.4 Å². The minimum atomic E-state index is -0.489. The second-order valence-electron chi connectivity index (χ2n) is 6.31. The van der Waals surface area contributed by atoms with Crippen LogP contribution in [0.3, 0.4) is 0 Å². The summed E-state index contributed by atoms with van der Waals surface area (Å²) in [6.07, 6.45) is 0.840. The molecule has 0 saturated carbocycles. The van der Waals surface area contributed by atoms with Crippen molar-refractivity contribution in [1.82, 2.24) is 5.32 Å². The van der Waals surface area contributed by atoms with Crippen molar-refractivity contribution in [2.45, 2.75) is 38.4 Å². The van der Waals surface area contributed by atoms with Gasteiger partial charge in [-0.1, -0.05) is 28.1 Å². The second kappa shape index (κ2) is 6.46. The van der Waals surface area contributed by atoms with E-state index >= 15 is 0 Å². The number of esters is 1. The Morgan fingerprint density at radius 2 is 2.19 bits per heavy atom. The fourth-order valence-electron chi connectivity index (χ4n) is 2.46. The molecule has 0 bridgehead atoms. The first-order valence-corrected chi connectivity index (χ1v) is 7.93. The minimum Gasteiger partial charge on any atom is -0.458 e. The number of carbonyl (C=O) groups is 1. The smallest absolute Gasteiger partial charge is 0.332 e. The standard InChI is InChI=1S/C16H22BrNO3/c1-15(2,3)21-14(19)10-20-16(7-8-18-11-16)12-5-4-6-13(17)9-12/h4-6,9,18H,7-8,10-11H2,1-3H3. The van der Waals surface area contributed by atoms with E-state index in [1.807, 2.05) is 45.0 Å². The van der Waals surface area contributed by atoms with E-state index in [1.54, 1.807) is 0 Å². The fraction of sp³-hybridized carbons (Fsp3) is 0.562. The Morgan fingerprint density at radius 1 is 1.43 bits per heavy atom. The van der Waals surface area contributed by atoms with Crippen molar-refractivity contribution in [2.75, 3.05) is 19.7 Å². The monoisotopic (exact) mass is 355 g/mol. The molecule has 1 atom stereocenters. The predicted molar refractivity (Wildman–Crippen MR) is 85.1 cm³/mol. The van der Waals surface area contributed by atoms with Crippen LogP contribution in [0.1, 0.15) is 32.8 Å². The minimum absolute atomic E-state index is 0.0362. The highest BCUT2D eigenvalue weighted by molar-refractivity contribution is 9.10. The van der Waals surface area contributed by atoms with E-state index in [4.69, 9.17) is 9.47 Å². The lowest BCUT2D eigenvalue weighted by molar-refractivity contribution is -0.167. The van der Waals surface area contributed by atoms with Crippen LogP contribution in [0.25, 0.3) is 0 Å². The van der Waals surface area contributed by atoms with Crippen molar-refractivity contribution in [2.24, 2.45) is 0 Å². The van der Waals surface area contributed by atoms with E-state index in [9.17, 15) is 4.79 Å². The lowest BCUT2D eigenvalue weighted by atomic mass is 9.93. The molecule has 1 unspecified atom stereocenters. The van der Waals surface area contributed by atoms with Gasteiger partial charge in [0.15, 0.2) is 0 Å². The average Bonchev–Trinajstić information content (AvgIpc) is 2.84. The number of hydrogen-bond donors (Lipinski definition) is 1. The highest BCUT2D eigenvalue weighted by atomic mass is 79.9. The Hall–Kier alpha value is -0.910. The highest BCUT2D eigenvalue weighted by Gasteiger charge is 2.37. The van der Waals surface area contributed by atoms with Crippen LogP contribution < -0.4 is 5.32 Å². The van der Waals surface area contributed by atoms with Gasteiger partial charge < -0.3 is 14.8 Å². The van der Waals surface area contributed by atoms with Gasteiger partial charge in [-0.25, -0.2) is 4.79 Å². The van der Waals surface area contributed by atoms with Gasteiger partial charge in [0.2, 0.25) is 0 Å². The molecule has 1 aliphatic rings. The van der Waals surface area contributed by atoms with Crippen molar-refractivity contribution in [3.05, 3.63) is 34.3 Å². The van der Waals surface area contributed by atoms with E-state index in [2.05, 4.69) is 21.2 Å². The van der Waals surface area contributed by atoms with Gasteiger partial charge in [0, 0.05) is 11.0 Å². The van der Waals surface area contributed by atoms with E-state index in [0.29, 0.717) is 6.54 Å². The summed E-state index contributed by atoms with van der Waals surface area (Å²) >= 11 is 3.49. The van der Waals surface area contributed by atoms with Gasteiger partial charge in [0.1, 0.15) is 17.8 Å². The molecule has 1 N–H and O–H groups in total. The maximum absolute atomic E-state index is 11.9. The van der Waals surface area contributed by atoms with Gasteiger partial charge >= 0.3 is 5.97 Å². The average molecular weight is 356 g/mol. The largest absolute Gasteiger partial charge is 0.458 e. The molecular formula is C16H22BrNO3.